The molecule has 0 bridgehead atoms. The van der Waals surface area contributed by atoms with Crippen molar-refractivity contribution in [3.8, 4) is 0 Å². The first-order valence-electron chi connectivity index (χ1n) is 6.39. The number of hydrogen-bond donors (Lipinski definition) is 1. The quantitative estimate of drug-likeness (QED) is 0.669. The molecule has 110 valence electrons. The van der Waals surface area contributed by atoms with Crippen molar-refractivity contribution in [1.29, 1.82) is 0 Å². The highest BCUT2D eigenvalue weighted by Crippen LogP contribution is 2.11. The van der Waals surface area contributed by atoms with Crippen LogP contribution < -0.4 is 5.32 Å². The first-order chi connectivity index (χ1) is 9.34. The molecule has 5 nitrogen and oxygen atoms in total. The Kier molecular flexibility index (Phi) is 5.76. The predicted molar refractivity (Wildman–Crippen MR) is 78.9 cm³/mol. The number of ether oxygens (including phenoxy) is 2. The molecule has 1 atom stereocenters. The van der Waals surface area contributed by atoms with Crippen molar-refractivity contribution < 1.29 is 19.1 Å². The second kappa shape index (κ2) is 7.09. The maximum Gasteiger partial charge on any atom is 0.407 e. The zero-order chi connectivity index (χ0) is 15.2. The Bertz CT molecular complexity index is 456. The van der Waals surface area contributed by atoms with E-state index in [-0.39, 0.29) is 6.61 Å². The monoisotopic (exact) mass is 295 g/mol. The van der Waals surface area contributed by atoms with Gasteiger partial charge in [-0.15, -0.1) is 0 Å². The number of carbonyl (C=O) groups excluding carboxylic acids is 2. The third-order valence-corrected chi connectivity index (χ3v) is 4.89. The van der Waals surface area contributed by atoms with E-state index >= 15 is 0 Å². The van der Waals surface area contributed by atoms with Gasteiger partial charge in [0.1, 0.15) is 12.3 Å². The zero-order valence-corrected chi connectivity index (χ0v) is 13.3. The van der Waals surface area contributed by atoms with Crippen molar-refractivity contribution in [2.24, 2.45) is 0 Å². The minimum absolute atomic E-state index is 0.198. The summed E-state index contributed by atoms with van der Waals surface area (Å²) in [4.78, 5) is 23.5. The first-order valence-corrected chi connectivity index (χ1v) is 9.97. The Morgan fingerprint density at radius 2 is 1.80 bits per heavy atom. The molecule has 0 saturated carbocycles. The Morgan fingerprint density at radius 3 is 2.30 bits per heavy atom. The molecule has 1 rings (SSSR count). The number of methoxy groups -OCH3 is 1. The standard InChI is InChI=1S/C14H21NO4Si/c1-18-14(17)15-12(20(2,3)4)13(16)19-10-11-8-6-5-7-9-11/h5-9,12H,10H2,1-4H3,(H,15,17). The highest BCUT2D eigenvalue weighted by molar-refractivity contribution is 6.80. The van der Waals surface area contributed by atoms with Gasteiger partial charge in [-0.2, -0.15) is 0 Å². The van der Waals surface area contributed by atoms with Crippen LogP contribution in [0.5, 0.6) is 0 Å². The van der Waals surface area contributed by atoms with Crippen LogP contribution in [0.2, 0.25) is 19.6 Å². The smallest absolute Gasteiger partial charge is 0.407 e. The van der Waals surface area contributed by atoms with Crippen molar-refractivity contribution in [2.45, 2.75) is 31.9 Å². The van der Waals surface area contributed by atoms with Gasteiger partial charge in [-0.25, -0.2) is 4.79 Å². The van der Waals surface area contributed by atoms with Gasteiger partial charge in [0.2, 0.25) is 0 Å². The van der Waals surface area contributed by atoms with Crippen LogP contribution in [-0.4, -0.2) is 32.9 Å². The van der Waals surface area contributed by atoms with Gasteiger partial charge in [0, 0.05) is 0 Å². The molecule has 1 N–H and O–H groups in total. The van der Waals surface area contributed by atoms with Crippen molar-refractivity contribution in [3.05, 3.63) is 35.9 Å². The van der Waals surface area contributed by atoms with Crippen molar-refractivity contribution in [1.82, 2.24) is 5.32 Å². The summed E-state index contributed by atoms with van der Waals surface area (Å²) in [7, 11) is -0.684. The Labute approximate surface area is 120 Å². The highest BCUT2D eigenvalue weighted by atomic mass is 28.3. The van der Waals surface area contributed by atoms with Crippen LogP contribution in [0.25, 0.3) is 0 Å². The molecule has 20 heavy (non-hydrogen) atoms. The van der Waals surface area contributed by atoms with Crippen LogP contribution in [0.1, 0.15) is 5.56 Å². The lowest BCUT2D eigenvalue weighted by molar-refractivity contribution is -0.145. The maximum absolute atomic E-state index is 12.2. The number of amides is 1. The van der Waals surface area contributed by atoms with Crippen molar-refractivity contribution >= 4 is 20.1 Å². The summed E-state index contributed by atoms with van der Waals surface area (Å²) < 4.78 is 9.84. The second-order valence-corrected chi connectivity index (χ2v) is 10.8. The molecule has 1 aromatic rings. The summed E-state index contributed by atoms with van der Waals surface area (Å²) in [6.07, 6.45) is -0.617. The number of esters is 1. The van der Waals surface area contributed by atoms with Gasteiger partial charge in [0.25, 0.3) is 0 Å². The molecule has 1 unspecified atom stereocenters. The van der Waals surface area contributed by atoms with Crippen LogP contribution in [0.15, 0.2) is 30.3 Å². The first kappa shape index (κ1) is 16.2. The number of rotatable bonds is 5. The minimum Gasteiger partial charge on any atom is -0.460 e. The van der Waals surface area contributed by atoms with Gasteiger partial charge in [0.05, 0.1) is 15.2 Å². The minimum atomic E-state index is -1.95. The van der Waals surface area contributed by atoms with Gasteiger partial charge >= 0.3 is 12.1 Å². The van der Waals surface area contributed by atoms with Crippen LogP contribution in [-0.2, 0) is 20.9 Å². The predicted octanol–water partition coefficient (Wildman–Crippen LogP) is 2.33. The number of nitrogens with one attached hydrogen (secondary N) is 1. The van der Waals surface area contributed by atoms with Crippen LogP contribution in [0, 0.1) is 0 Å². The Morgan fingerprint density at radius 1 is 1.20 bits per heavy atom. The molecule has 1 aromatic carbocycles. The largest absolute Gasteiger partial charge is 0.460 e. The Hall–Kier alpha value is -1.82. The van der Waals surface area contributed by atoms with Crippen LogP contribution >= 0.6 is 0 Å². The van der Waals surface area contributed by atoms with E-state index in [1.165, 1.54) is 7.11 Å². The van der Waals surface area contributed by atoms with Gasteiger partial charge in [-0.05, 0) is 5.56 Å². The van der Waals surface area contributed by atoms with Gasteiger partial charge in [-0.1, -0.05) is 50.0 Å². The molecule has 0 saturated heterocycles. The molecule has 0 radical (unpaired) electrons. The van der Waals surface area contributed by atoms with E-state index in [0.717, 1.165) is 5.56 Å². The zero-order valence-electron chi connectivity index (χ0n) is 12.3. The molecule has 0 fully saturated rings. The van der Waals surface area contributed by atoms with E-state index in [1.54, 1.807) is 0 Å². The molecular weight excluding hydrogens is 274 g/mol. The molecule has 0 aromatic heterocycles. The molecule has 6 heteroatoms. The summed E-state index contributed by atoms with van der Waals surface area (Å²) in [5.74, 6) is -0.418. The average Bonchev–Trinajstić information content (AvgIpc) is 2.41. The lowest BCUT2D eigenvalue weighted by atomic mass is 10.2. The number of benzene rings is 1. The fourth-order valence-electron chi connectivity index (χ4n) is 1.62. The van der Waals surface area contributed by atoms with Crippen molar-refractivity contribution in [3.63, 3.8) is 0 Å². The molecule has 0 heterocycles. The van der Waals surface area contributed by atoms with Crippen LogP contribution in [0.3, 0.4) is 0 Å². The van der Waals surface area contributed by atoms with Gasteiger partial charge < -0.3 is 14.8 Å². The molecule has 0 spiro atoms. The summed E-state index contributed by atoms with van der Waals surface area (Å²) in [5.41, 5.74) is 0.284. The normalized spacial score (nSPS) is 12.4. The highest BCUT2D eigenvalue weighted by Gasteiger charge is 2.36. The van der Waals surface area contributed by atoms with Gasteiger partial charge in [-0.3, -0.25) is 4.79 Å². The number of hydrogen-bond acceptors (Lipinski definition) is 4. The maximum atomic E-state index is 12.2. The topological polar surface area (TPSA) is 64.6 Å². The molecular formula is C14H21NO4Si. The lowest BCUT2D eigenvalue weighted by Gasteiger charge is -2.27. The second-order valence-electron chi connectivity index (χ2n) is 5.53. The van der Waals surface area contributed by atoms with E-state index in [9.17, 15) is 9.59 Å². The van der Waals surface area contributed by atoms with Crippen LogP contribution in [0.4, 0.5) is 4.79 Å². The van der Waals surface area contributed by atoms with E-state index in [4.69, 9.17) is 4.74 Å². The Balaban J connectivity index is 2.66. The summed E-state index contributed by atoms with van der Waals surface area (Å²) in [5, 5.41) is 2.57. The van der Waals surface area contributed by atoms with E-state index in [2.05, 4.69) is 10.1 Å². The summed E-state index contributed by atoms with van der Waals surface area (Å²) in [6.45, 7) is 6.15. The number of carbonyl (C=O) groups is 2. The third kappa shape index (κ3) is 5.04. The third-order valence-electron chi connectivity index (χ3n) is 2.77. The van der Waals surface area contributed by atoms with E-state index < -0.39 is 25.8 Å². The number of alkyl carbamates (subject to hydrolysis) is 1. The molecule has 0 aliphatic carbocycles. The van der Waals surface area contributed by atoms with E-state index in [1.807, 2.05) is 50.0 Å². The lowest BCUT2D eigenvalue weighted by Crippen LogP contribution is -2.56. The average molecular weight is 295 g/mol. The molecule has 0 aliphatic heterocycles. The summed E-state index contributed by atoms with van der Waals surface area (Å²) >= 11 is 0. The molecule has 1 amide bonds. The van der Waals surface area contributed by atoms with Crippen molar-refractivity contribution in [2.75, 3.05) is 7.11 Å². The molecule has 0 aliphatic rings. The SMILES string of the molecule is COC(=O)NC(C(=O)OCc1ccccc1)[Si](C)(C)C. The fourth-order valence-corrected chi connectivity index (χ4v) is 2.96. The van der Waals surface area contributed by atoms with Gasteiger partial charge in [0.15, 0.2) is 0 Å². The summed E-state index contributed by atoms with van der Waals surface area (Å²) in [6, 6.07) is 9.42. The fraction of sp³-hybridized carbons (Fsp3) is 0.429. The van der Waals surface area contributed by atoms with E-state index in [0.29, 0.717) is 0 Å².